The third-order valence-corrected chi connectivity index (χ3v) is 12.7. The second-order valence-corrected chi connectivity index (χ2v) is 14.6. The maximum atomic E-state index is 16.2. The van der Waals surface area contributed by atoms with Crippen molar-refractivity contribution >= 4 is 46.5 Å². The summed E-state index contributed by atoms with van der Waals surface area (Å²) in [5.74, 6) is -2.50. The van der Waals surface area contributed by atoms with Crippen LogP contribution in [-0.4, -0.2) is 51.3 Å². The van der Waals surface area contributed by atoms with Gasteiger partial charge in [0, 0.05) is 35.3 Å². The molecule has 1 saturated heterocycles. The summed E-state index contributed by atoms with van der Waals surface area (Å²) in [7, 11) is 1.93. The van der Waals surface area contributed by atoms with Crippen molar-refractivity contribution in [2.24, 2.45) is 10.8 Å². The third-order valence-electron chi connectivity index (χ3n) is 12.2. The zero-order chi connectivity index (χ0) is 30.4. The summed E-state index contributed by atoms with van der Waals surface area (Å²) in [5, 5.41) is 13.2. The number of likely N-dealkylation sites (N-methyl/N-ethyl adjacent to an activating group) is 1. The third kappa shape index (κ3) is 3.88. The molecule has 1 aromatic carbocycles. The molecular formula is C33H36Cl2FN3O4. The second kappa shape index (κ2) is 9.98. The van der Waals surface area contributed by atoms with E-state index < -0.39 is 40.1 Å². The molecule has 7 nitrogen and oxygen atoms in total. The number of rotatable bonds is 5. The zero-order valence-electron chi connectivity index (χ0n) is 24.2. The Morgan fingerprint density at radius 3 is 2.40 bits per heavy atom. The average molecular weight is 629 g/mol. The summed E-state index contributed by atoms with van der Waals surface area (Å²) < 4.78 is 16.2. The van der Waals surface area contributed by atoms with Gasteiger partial charge in [-0.2, -0.15) is 0 Å². The molecule has 228 valence electrons. The van der Waals surface area contributed by atoms with Gasteiger partial charge in [0.1, 0.15) is 16.4 Å². The van der Waals surface area contributed by atoms with Gasteiger partial charge in [0.2, 0.25) is 5.91 Å². The molecule has 5 fully saturated rings. The number of hydrogen-bond donors (Lipinski definition) is 2. The quantitative estimate of drug-likeness (QED) is 0.350. The van der Waals surface area contributed by atoms with Crippen molar-refractivity contribution in [1.82, 2.24) is 9.88 Å². The van der Waals surface area contributed by atoms with E-state index in [-0.39, 0.29) is 39.3 Å². The van der Waals surface area contributed by atoms with E-state index in [4.69, 9.17) is 23.2 Å². The van der Waals surface area contributed by atoms with E-state index in [9.17, 15) is 19.5 Å². The number of carboxylic acid groups (broad SMARTS) is 1. The molecule has 0 unspecified atom stereocenters. The molecule has 6 aliphatic rings. The number of carbonyl (C=O) groups is 3. The Balaban J connectivity index is 1.40. The molecule has 2 N–H and O–H groups in total. The van der Waals surface area contributed by atoms with Crippen LogP contribution in [0.3, 0.4) is 0 Å². The van der Waals surface area contributed by atoms with Crippen LogP contribution in [-0.2, 0) is 19.8 Å². The molecule has 1 aromatic heterocycles. The number of pyridine rings is 1. The van der Waals surface area contributed by atoms with Crippen molar-refractivity contribution in [2.45, 2.75) is 100.0 Å². The minimum absolute atomic E-state index is 0.0263. The molecule has 4 aliphatic carbocycles. The number of benzene rings is 1. The normalized spacial score (nSPS) is 34.5. The largest absolute Gasteiger partial charge is 0.481 e. The first-order chi connectivity index (χ1) is 20.5. The van der Waals surface area contributed by atoms with Crippen LogP contribution in [0.15, 0.2) is 30.5 Å². The van der Waals surface area contributed by atoms with Crippen molar-refractivity contribution < 1.29 is 23.9 Å². The SMILES string of the molecule is CN1[C@@H](C(=O)CC23CCC(C(=O)O)(CC2)CC3)[C@H](c2cccc(Cl)c2F)[C@]2(C(=O)Nc3cc(Cl)ncc32)C12CCCCC2. The number of carbonyl (C=O) groups excluding carboxylic acids is 2. The van der Waals surface area contributed by atoms with Crippen LogP contribution in [0.5, 0.6) is 0 Å². The number of aromatic nitrogens is 1. The van der Waals surface area contributed by atoms with Crippen LogP contribution in [0, 0.1) is 16.6 Å². The lowest BCUT2D eigenvalue weighted by Crippen LogP contribution is -2.60. The standard InChI is InChI=1S/C33H36Cl2FN3O4/c1-39-27(23(40)17-30-10-13-31(14-11-30,15-12-30)29(42)43)25(19-6-5-7-21(34)26(19)36)33(32(39)8-3-2-4-9-32)20-18-37-24(35)16-22(20)38-28(33)41/h5-7,16,18,25,27H,2-4,8-15,17H2,1H3,(H,38,41)(H,42,43)/t25-,27-,30?,31?,33+/m0/s1. The van der Waals surface area contributed by atoms with Crippen LogP contribution in [0.2, 0.25) is 10.2 Å². The molecule has 3 atom stereocenters. The molecule has 10 heteroatoms. The fraction of sp³-hybridized carbons (Fsp3) is 0.576. The van der Waals surface area contributed by atoms with Gasteiger partial charge in [0.05, 0.1) is 16.5 Å². The number of hydrogen-bond acceptors (Lipinski definition) is 5. The Kier molecular flexibility index (Phi) is 6.77. The predicted octanol–water partition coefficient (Wildman–Crippen LogP) is 6.90. The molecular weight excluding hydrogens is 592 g/mol. The highest BCUT2D eigenvalue weighted by atomic mass is 35.5. The molecule has 2 spiro atoms. The average Bonchev–Trinajstić information content (AvgIpc) is 3.40. The van der Waals surface area contributed by atoms with Gasteiger partial charge < -0.3 is 10.4 Å². The fourth-order valence-corrected chi connectivity index (χ4v) is 10.4. The Morgan fingerprint density at radius 2 is 1.74 bits per heavy atom. The summed E-state index contributed by atoms with van der Waals surface area (Å²) in [6.07, 6.45) is 9.77. The number of aliphatic carboxylic acids is 1. The molecule has 43 heavy (non-hydrogen) atoms. The van der Waals surface area contributed by atoms with E-state index in [0.717, 1.165) is 19.3 Å². The minimum atomic E-state index is -1.30. The summed E-state index contributed by atoms with van der Waals surface area (Å²) in [4.78, 5) is 48.0. The first-order valence-electron chi connectivity index (χ1n) is 15.4. The number of Topliss-reactive ketones (excluding diaryl/α,β-unsaturated/α-hetero) is 1. The Labute approximate surface area is 260 Å². The van der Waals surface area contributed by atoms with E-state index >= 15 is 4.39 Å². The van der Waals surface area contributed by atoms with E-state index in [1.807, 2.05) is 7.05 Å². The van der Waals surface area contributed by atoms with Gasteiger partial charge in [-0.25, -0.2) is 9.37 Å². The van der Waals surface area contributed by atoms with Crippen molar-refractivity contribution in [3.05, 3.63) is 57.6 Å². The number of nitrogens with one attached hydrogen (secondary N) is 1. The van der Waals surface area contributed by atoms with Gasteiger partial charge in [0.25, 0.3) is 0 Å². The number of ketones is 1. The Bertz CT molecular complexity index is 1520. The van der Waals surface area contributed by atoms with E-state index in [0.29, 0.717) is 62.6 Å². The smallest absolute Gasteiger partial charge is 0.309 e. The first kappa shape index (κ1) is 29.2. The summed E-state index contributed by atoms with van der Waals surface area (Å²) in [5.41, 5.74) is -1.57. The van der Waals surface area contributed by atoms with Gasteiger partial charge in [-0.1, -0.05) is 54.6 Å². The molecule has 2 bridgehead atoms. The number of carboxylic acids is 1. The number of halogens is 3. The van der Waals surface area contributed by atoms with E-state index in [2.05, 4.69) is 15.2 Å². The molecule has 2 aromatic rings. The molecule has 2 aliphatic heterocycles. The van der Waals surface area contributed by atoms with Crippen molar-refractivity contribution in [3.63, 3.8) is 0 Å². The van der Waals surface area contributed by atoms with Gasteiger partial charge >= 0.3 is 5.97 Å². The maximum Gasteiger partial charge on any atom is 0.309 e. The Morgan fingerprint density at radius 1 is 1.07 bits per heavy atom. The van der Waals surface area contributed by atoms with Gasteiger partial charge in [0.15, 0.2) is 5.78 Å². The summed E-state index contributed by atoms with van der Waals surface area (Å²) in [6, 6.07) is 5.68. The highest BCUT2D eigenvalue weighted by Crippen LogP contribution is 2.67. The second-order valence-electron chi connectivity index (χ2n) is 13.8. The minimum Gasteiger partial charge on any atom is -0.481 e. The van der Waals surface area contributed by atoms with Gasteiger partial charge in [-0.05, 0) is 81.5 Å². The maximum absolute atomic E-state index is 16.2. The first-order valence-corrected chi connectivity index (χ1v) is 16.2. The zero-order valence-corrected chi connectivity index (χ0v) is 25.7. The molecule has 1 amide bonds. The van der Waals surface area contributed by atoms with Crippen molar-refractivity contribution in [2.75, 3.05) is 12.4 Å². The molecule has 4 saturated carbocycles. The van der Waals surface area contributed by atoms with E-state index in [1.54, 1.807) is 24.4 Å². The fourth-order valence-electron chi connectivity index (χ4n) is 10.0. The number of amides is 1. The number of likely N-dealkylation sites (tertiary alicyclic amines) is 1. The van der Waals surface area contributed by atoms with Gasteiger partial charge in [-0.3, -0.25) is 19.3 Å². The summed E-state index contributed by atoms with van der Waals surface area (Å²) in [6.45, 7) is 0. The lowest BCUT2D eigenvalue weighted by molar-refractivity contribution is -0.159. The van der Waals surface area contributed by atoms with Crippen LogP contribution in [0.4, 0.5) is 10.1 Å². The van der Waals surface area contributed by atoms with Crippen LogP contribution in [0.1, 0.15) is 94.1 Å². The van der Waals surface area contributed by atoms with Crippen molar-refractivity contribution in [1.29, 1.82) is 0 Å². The Hall–Kier alpha value is -2.55. The topological polar surface area (TPSA) is 99.6 Å². The number of fused-ring (bicyclic) bond motifs is 6. The van der Waals surface area contributed by atoms with Crippen LogP contribution < -0.4 is 5.32 Å². The van der Waals surface area contributed by atoms with Crippen LogP contribution in [0.25, 0.3) is 0 Å². The monoisotopic (exact) mass is 627 g/mol. The highest BCUT2D eigenvalue weighted by Gasteiger charge is 2.75. The predicted molar refractivity (Wildman–Crippen MR) is 161 cm³/mol. The van der Waals surface area contributed by atoms with E-state index in [1.165, 1.54) is 6.07 Å². The lowest BCUT2D eigenvalue weighted by Gasteiger charge is -2.51. The molecule has 3 heterocycles. The molecule has 8 rings (SSSR count). The number of nitrogens with zero attached hydrogens (tertiary/aromatic N) is 2. The summed E-state index contributed by atoms with van der Waals surface area (Å²) >= 11 is 12.7. The lowest BCUT2D eigenvalue weighted by atomic mass is 9.52. The van der Waals surface area contributed by atoms with Crippen molar-refractivity contribution in [3.8, 4) is 0 Å². The molecule has 0 radical (unpaired) electrons. The van der Waals surface area contributed by atoms with Crippen LogP contribution >= 0.6 is 23.2 Å². The highest BCUT2D eigenvalue weighted by molar-refractivity contribution is 6.31. The number of anilines is 1. The van der Waals surface area contributed by atoms with Gasteiger partial charge in [-0.15, -0.1) is 0 Å².